The zero-order valence-corrected chi connectivity index (χ0v) is 16.1. The van der Waals surface area contributed by atoms with Crippen molar-refractivity contribution in [2.75, 3.05) is 23.7 Å². The first-order valence-corrected chi connectivity index (χ1v) is 10.1. The van der Waals surface area contributed by atoms with Crippen molar-refractivity contribution in [3.8, 4) is 0 Å². The summed E-state index contributed by atoms with van der Waals surface area (Å²) >= 11 is 7.30. The van der Waals surface area contributed by atoms with Gasteiger partial charge in [-0.05, 0) is 61.2 Å². The third-order valence-electron chi connectivity index (χ3n) is 4.20. The Labute approximate surface area is 163 Å². The van der Waals surface area contributed by atoms with Gasteiger partial charge in [0.1, 0.15) is 0 Å². The number of halogens is 1. The molecular weight excluding hydrogens is 366 g/mol. The van der Waals surface area contributed by atoms with Crippen LogP contribution in [0, 0.1) is 0 Å². The summed E-state index contributed by atoms with van der Waals surface area (Å²) in [5.41, 5.74) is 4.79. The van der Waals surface area contributed by atoms with Gasteiger partial charge in [-0.15, -0.1) is 11.8 Å². The number of hydrazone groups is 1. The number of carbonyl (C=O) groups excluding carboxylic acids is 1. The van der Waals surface area contributed by atoms with Gasteiger partial charge in [-0.1, -0.05) is 23.7 Å². The minimum Gasteiger partial charge on any atom is -0.372 e. The third-order valence-corrected chi connectivity index (χ3v) is 5.46. The van der Waals surface area contributed by atoms with E-state index in [4.69, 9.17) is 11.6 Å². The van der Waals surface area contributed by atoms with Gasteiger partial charge >= 0.3 is 0 Å². The fourth-order valence-corrected chi connectivity index (χ4v) is 3.63. The molecule has 0 saturated carbocycles. The molecular formula is C20H22ClN3OS. The van der Waals surface area contributed by atoms with Crippen LogP contribution in [-0.4, -0.2) is 31.0 Å². The molecule has 1 N–H and O–H groups in total. The predicted molar refractivity (Wildman–Crippen MR) is 110 cm³/mol. The Bertz CT molecular complexity index is 741. The molecule has 0 unspecified atom stereocenters. The summed E-state index contributed by atoms with van der Waals surface area (Å²) in [6.07, 6.45) is 5.54. The molecule has 1 saturated heterocycles. The molecule has 6 heteroatoms. The highest BCUT2D eigenvalue weighted by Crippen LogP contribution is 2.20. The van der Waals surface area contributed by atoms with E-state index in [0.717, 1.165) is 23.5 Å². The lowest BCUT2D eigenvalue weighted by Gasteiger charge is -2.28. The molecule has 1 amide bonds. The standard InChI is InChI=1S/C20H22ClN3OS/c21-17-6-10-19(11-7-17)26-15-20(25)23-22-14-16-4-8-18(9-5-16)24-12-2-1-3-13-24/h4-11,14H,1-3,12-13,15H2,(H,23,25)/b22-14-. The van der Waals surface area contributed by atoms with Crippen molar-refractivity contribution in [3.63, 3.8) is 0 Å². The molecule has 3 rings (SSSR count). The van der Waals surface area contributed by atoms with Gasteiger partial charge in [0, 0.05) is 28.7 Å². The number of benzene rings is 2. The second-order valence-electron chi connectivity index (χ2n) is 6.18. The molecule has 0 atom stereocenters. The van der Waals surface area contributed by atoms with E-state index in [2.05, 4.69) is 27.6 Å². The topological polar surface area (TPSA) is 44.7 Å². The minimum absolute atomic E-state index is 0.133. The lowest BCUT2D eigenvalue weighted by molar-refractivity contribution is -0.118. The van der Waals surface area contributed by atoms with Crippen LogP contribution < -0.4 is 10.3 Å². The van der Waals surface area contributed by atoms with Crippen LogP contribution >= 0.6 is 23.4 Å². The van der Waals surface area contributed by atoms with E-state index in [1.807, 2.05) is 36.4 Å². The van der Waals surface area contributed by atoms with Crippen molar-refractivity contribution in [1.82, 2.24) is 5.43 Å². The monoisotopic (exact) mass is 387 g/mol. The summed E-state index contributed by atoms with van der Waals surface area (Å²) in [4.78, 5) is 15.3. The van der Waals surface area contributed by atoms with E-state index in [1.165, 1.54) is 36.7 Å². The summed E-state index contributed by atoms with van der Waals surface area (Å²) in [6.45, 7) is 2.27. The molecule has 1 aliphatic heterocycles. The average molecular weight is 388 g/mol. The van der Waals surface area contributed by atoms with E-state index < -0.39 is 0 Å². The minimum atomic E-state index is -0.133. The average Bonchev–Trinajstić information content (AvgIpc) is 2.69. The van der Waals surface area contributed by atoms with E-state index in [0.29, 0.717) is 10.8 Å². The molecule has 0 aromatic heterocycles. The van der Waals surface area contributed by atoms with Gasteiger partial charge in [0.05, 0.1) is 12.0 Å². The van der Waals surface area contributed by atoms with E-state index in [1.54, 1.807) is 6.21 Å². The van der Waals surface area contributed by atoms with Crippen molar-refractivity contribution in [3.05, 3.63) is 59.1 Å². The first-order chi connectivity index (χ1) is 12.7. The maximum atomic E-state index is 11.9. The fraction of sp³-hybridized carbons (Fsp3) is 0.300. The fourth-order valence-electron chi connectivity index (χ4n) is 2.81. The first-order valence-electron chi connectivity index (χ1n) is 8.76. The molecule has 136 valence electrons. The summed E-state index contributed by atoms with van der Waals surface area (Å²) < 4.78 is 0. The van der Waals surface area contributed by atoms with Crippen molar-refractivity contribution >= 4 is 41.2 Å². The van der Waals surface area contributed by atoms with E-state index >= 15 is 0 Å². The Balaban J connectivity index is 1.44. The van der Waals surface area contributed by atoms with Gasteiger partial charge in [-0.25, -0.2) is 5.43 Å². The van der Waals surface area contributed by atoms with Gasteiger partial charge < -0.3 is 4.90 Å². The van der Waals surface area contributed by atoms with Crippen LogP contribution in [0.15, 0.2) is 58.5 Å². The first kappa shape index (κ1) is 18.8. The maximum Gasteiger partial charge on any atom is 0.250 e. The van der Waals surface area contributed by atoms with Crippen LogP contribution in [0.25, 0.3) is 0 Å². The lowest BCUT2D eigenvalue weighted by atomic mass is 10.1. The van der Waals surface area contributed by atoms with Crippen LogP contribution in [0.5, 0.6) is 0 Å². The SMILES string of the molecule is O=C(CSc1ccc(Cl)cc1)N/N=C\c1ccc(N2CCCCC2)cc1. The summed E-state index contributed by atoms with van der Waals surface area (Å²) in [5, 5.41) is 4.73. The highest BCUT2D eigenvalue weighted by atomic mass is 35.5. The highest BCUT2D eigenvalue weighted by Gasteiger charge is 2.10. The normalized spacial score (nSPS) is 14.6. The number of piperidine rings is 1. The molecule has 2 aromatic rings. The quantitative estimate of drug-likeness (QED) is 0.448. The second kappa shape index (κ2) is 9.64. The van der Waals surface area contributed by atoms with Crippen LogP contribution in [0.3, 0.4) is 0 Å². The highest BCUT2D eigenvalue weighted by molar-refractivity contribution is 8.00. The molecule has 0 radical (unpaired) electrons. The van der Waals surface area contributed by atoms with E-state index in [9.17, 15) is 4.79 Å². The number of anilines is 1. The molecule has 1 heterocycles. The van der Waals surface area contributed by atoms with Crippen molar-refractivity contribution in [1.29, 1.82) is 0 Å². The summed E-state index contributed by atoms with van der Waals surface area (Å²) in [7, 11) is 0. The molecule has 1 fully saturated rings. The molecule has 0 aliphatic carbocycles. The number of hydrogen-bond donors (Lipinski definition) is 1. The summed E-state index contributed by atoms with van der Waals surface area (Å²) in [6, 6.07) is 15.7. The third kappa shape index (κ3) is 5.78. The number of carbonyl (C=O) groups is 1. The molecule has 2 aromatic carbocycles. The predicted octanol–water partition coefficient (Wildman–Crippen LogP) is 4.57. The van der Waals surface area contributed by atoms with Crippen molar-refractivity contribution < 1.29 is 4.79 Å². The van der Waals surface area contributed by atoms with Gasteiger partial charge in [0.2, 0.25) is 5.91 Å². The van der Waals surface area contributed by atoms with Crippen molar-refractivity contribution in [2.45, 2.75) is 24.2 Å². The maximum absolute atomic E-state index is 11.9. The number of amides is 1. The van der Waals surface area contributed by atoms with Gasteiger partial charge in [-0.3, -0.25) is 4.79 Å². The Kier molecular flexibility index (Phi) is 6.97. The molecule has 0 bridgehead atoms. The molecule has 0 spiro atoms. The lowest BCUT2D eigenvalue weighted by Crippen LogP contribution is -2.29. The molecule has 4 nitrogen and oxygen atoms in total. The number of rotatable bonds is 6. The Morgan fingerprint density at radius 2 is 1.77 bits per heavy atom. The Morgan fingerprint density at radius 1 is 1.08 bits per heavy atom. The van der Waals surface area contributed by atoms with Crippen molar-refractivity contribution in [2.24, 2.45) is 5.10 Å². The zero-order valence-electron chi connectivity index (χ0n) is 14.5. The van der Waals surface area contributed by atoms with Crippen LogP contribution in [0.4, 0.5) is 5.69 Å². The number of nitrogens with zero attached hydrogens (tertiary/aromatic N) is 2. The number of hydrogen-bond acceptors (Lipinski definition) is 4. The Hall–Kier alpha value is -1.98. The van der Waals surface area contributed by atoms with Gasteiger partial charge in [-0.2, -0.15) is 5.10 Å². The molecule has 26 heavy (non-hydrogen) atoms. The molecule has 1 aliphatic rings. The van der Waals surface area contributed by atoms with E-state index in [-0.39, 0.29) is 5.91 Å². The van der Waals surface area contributed by atoms with Crippen LogP contribution in [0.2, 0.25) is 5.02 Å². The van der Waals surface area contributed by atoms with Crippen LogP contribution in [0.1, 0.15) is 24.8 Å². The zero-order chi connectivity index (χ0) is 18.2. The van der Waals surface area contributed by atoms with Gasteiger partial charge in [0.15, 0.2) is 0 Å². The van der Waals surface area contributed by atoms with Gasteiger partial charge in [0.25, 0.3) is 0 Å². The second-order valence-corrected chi connectivity index (χ2v) is 7.66. The largest absolute Gasteiger partial charge is 0.372 e. The number of nitrogens with one attached hydrogen (secondary N) is 1. The number of thioether (sulfide) groups is 1. The van der Waals surface area contributed by atoms with Crippen LogP contribution in [-0.2, 0) is 4.79 Å². The Morgan fingerprint density at radius 3 is 2.46 bits per heavy atom. The summed E-state index contributed by atoms with van der Waals surface area (Å²) in [5.74, 6) is 0.179. The smallest absolute Gasteiger partial charge is 0.250 e.